The van der Waals surface area contributed by atoms with Gasteiger partial charge in [0, 0.05) is 11.8 Å². The molecule has 1 aromatic rings. The molecule has 112 valence electrons. The molecule has 0 aromatic heterocycles. The predicted molar refractivity (Wildman–Crippen MR) is 85.5 cm³/mol. The first-order valence-corrected chi connectivity index (χ1v) is 8.65. The number of benzene rings is 1. The van der Waals surface area contributed by atoms with Gasteiger partial charge >= 0.3 is 0 Å². The third-order valence-corrected chi connectivity index (χ3v) is 7.03. The van der Waals surface area contributed by atoms with Gasteiger partial charge in [0.05, 0.1) is 0 Å². The summed E-state index contributed by atoms with van der Waals surface area (Å²) < 4.78 is 0. The molecule has 0 aliphatic heterocycles. The lowest BCUT2D eigenvalue weighted by molar-refractivity contribution is -0.129. The van der Waals surface area contributed by atoms with E-state index in [1.54, 1.807) is 11.1 Å². The molecule has 0 spiro atoms. The Balaban J connectivity index is 1.80. The summed E-state index contributed by atoms with van der Waals surface area (Å²) in [5.41, 5.74) is 4.70. The predicted octanol–water partition coefficient (Wildman–Crippen LogP) is 4.98. The van der Waals surface area contributed by atoms with Crippen molar-refractivity contribution >= 4 is 5.78 Å². The maximum absolute atomic E-state index is 12.4. The minimum absolute atomic E-state index is 0.00107. The van der Waals surface area contributed by atoms with Gasteiger partial charge < -0.3 is 0 Å². The normalized spacial score (nSPS) is 41.4. The minimum Gasteiger partial charge on any atom is -0.299 e. The van der Waals surface area contributed by atoms with Crippen LogP contribution in [0.1, 0.15) is 74.5 Å². The Labute approximate surface area is 128 Å². The largest absolute Gasteiger partial charge is 0.299 e. The van der Waals surface area contributed by atoms with Crippen LogP contribution in [-0.2, 0) is 4.79 Å². The van der Waals surface area contributed by atoms with Crippen molar-refractivity contribution in [2.75, 3.05) is 0 Å². The summed E-state index contributed by atoms with van der Waals surface area (Å²) >= 11 is 0. The minimum atomic E-state index is 0.00107. The van der Waals surface area contributed by atoms with Gasteiger partial charge in [-0.2, -0.15) is 0 Å². The van der Waals surface area contributed by atoms with Crippen LogP contribution in [-0.4, -0.2) is 5.78 Å². The monoisotopic (exact) mass is 282 g/mol. The second-order valence-corrected chi connectivity index (χ2v) is 8.01. The number of Topliss-reactive ketones (excluding diaryl/α,β-unsaturated/α-hetero) is 1. The number of hydrogen-bond donors (Lipinski definition) is 0. The molecule has 0 radical (unpaired) electrons. The lowest BCUT2D eigenvalue weighted by atomic mass is 9.54. The van der Waals surface area contributed by atoms with Crippen LogP contribution in [0.15, 0.2) is 18.2 Å². The number of ketones is 1. The third kappa shape index (κ3) is 1.73. The summed E-state index contributed by atoms with van der Waals surface area (Å²) in [4.78, 5) is 12.4. The molecular formula is C20H26O. The molecule has 0 heterocycles. The number of fused-ring (bicyclic) bond motifs is 5. The molecule has 1 aromatic carbocycles. The molecule has 2 saturated carbocycles. The highest BCUT2D eigenvalue weighted by molar-refractivity contribution is 5.87. The molecule has 0 amide bonds. The summed E-state index contributed by atoms with van der Waals surface area (Å²) in [6, 6.07) is 6.84. The van der Waals surface area contributed by atoms with E-state index in [0.29, 0.717) is 23.5 Å². The van der Waals surface area contributed by atoms with Gasteiger partial charge in [-0.05, 0) is 73.0 Å². The molecule has 0 bridgehead atoms. The number of carbonyl (C=O) groups is 1. The number of rotatable bonds is 0. The first kappa shape index (κ1) is 13.5. The lowest BCUT2D eigenvalue weighted by Crippen LogP contribution is -2.43. The first-order valence-electron chi connectivity index (χ1n) is 8.65. The highest BCUT2D eigenvalue weighted by atomic mass is 16.1. The Morgan fingerprint density at radius 2 is 2.05 bits per heavy atom. The Morgan fingerprint density at radius 3 is 2.86 bits per heavy atom. The maximum atomic E-state index is 12.4. The van der Waals surface area contributed by atoms with Crippen molar-refractivity contribution in [3.05, 3.63) is 34.9 Å². The molecule has 21 heavy (non-hydrogen) atoms. The summed E-state index contributed by atoms with van der Waals surface area (Å²) in [5.74, 6) is 3.28. The van der Waals surface area contributed by atoms with Crippen molar-refractivity contribution in [2.24, 2.45) is 17.3 Å². The van der Waals surface area contributed by atoms with Crippen LogP contribution in [0.25, 0.3) is 0 Å². The van der Waals surface area contributed by atoms with Crippen LogP contribution in [0.4, 0.5) is 0 Å². The van der Waals surface area contributed by atoms with Gasteiger partial charge in [-0.3, -0.25) is 4.79 Å². The molecule has 1 nitrogen and oxygen atoms in total. The molecule has 0 unspecified atom stereocenters. The summed E-state index contributed by atoms with van der Waals surface area (Å²) in [5, 5.41) is 0. The van der Waals surface area contributed by atoms with E-state index in [4.69, 9.17) is 0 Å². The van der Waals surface area contributed by atoms with Crippen molar-refractivity contribution < 1.29 is 4.79 Å². The Morgan fingerprint density at radius 1 is 1.24 bits per heavy atom. The number of carbonyl (C=O) groups excluding carboxylic acids is 1. The Hall–Kier alpha value is -1.11. The van der Waals surface area contributed by atoms with Gasteiger partial charge in [0.2, 0.25) is 0 Å². The van der Waals surface area contributed by atoms with Gasteiger partial charge in [0.25, 0.3) is 0 Å². The fourth-order valence-corrected chi connectivity index (χ4v) is 5.92. The fourth-order valence-electron chi connectivity index (χ4n) is 5.92. The molecule has 2 fully saturated rings. The van der Waals surface area contributed by atoms with E-state index in [1.807, 2.05) is 0 Å². The molecule has 4 rings (SSSR count). The molecular weight excluding hydrogens is 256 g/mol. The van der Waals surface area contributed by atoms with E-state index in [1.165, 1.54) is 18.4 Å². The van der Waals surface area contributed by atoms with E-state index < -0.39 is 0 Å². The average Bonchev–Trinajstić information content (AvgIpc) is 2.76. The van der Waals surface area contributed by atoms with Crippen LogP contribution in [0, 0.1) is 24.2 Å². The molecule has 1 heteroatoms. The Bertz CT molecular complexity index is 602. The summed E-state index contributed by atoms with van der Waals surface area (Å²) in [6.45, 7) is 6.93. The highest BCUT2D eigenvalue weighted by Crippen LogP contribution is 2.61. The summed E-state index contributed by atoms with van der Waals surface area (Å²) in [7, 11) is 0. The first-order chi connectivity index (χ1) is 10.0. The number of hydrogen-bond acceptors (Lipinski definition) is 1. The Kier molecular flexibility index (Phi) is 2.87. The zero-order valence-electron chi connectivity index (χ0n) is 13.5. The molecule has 0 saturated heterocycles. The number of aryl methyl sites for hydroxylation is 1. The zero-order valence-corrected chi connectivity index (χ0v) is 13.5. The van der Waals surface area contributed by atoms with Crippen LogP contribution in [0.3, 0.4) is 0 Å². The van der Waals surface area contributed by atoms with Crippen molar-refractivity contribution in [3.8, 4) is 0 Å². The topological polar surface area (TPSA) is 17.1 Å². The molecule has 0 N–H and O–H groups in total. The van der Waals surface area contributed by atoms with Crippen LogP contribution in [0.2, 0.25) is 0 Å². The quantitative estimate of drug-likeness (QED) is 0.656. The van der Waals surface area contributed by atoms with E-state index in [9.17, 15) is 4.79 Å². The van der Waals surface area contributed by atoms with Crippen molar-refractivity contribution in [1.29, 1.82) is 0 Å². The van der Waals surface area contributed by atoms with Crippen molar-refractivity contribution in [1.82, 2.24) is 0 Å². The third-order valence-electron chi connectivity index (χ3n) is 7.03. The van der Waals surface area contributed by atoms with E-state index in [0.717, 1.165) is 25.2 Å². The maximum Gasteiger partial charge on any atom is 0.139 e. The standard InChI is InChI=1S/C20H26O/c1-12-5-4-6-14-13(2)11-16-15(19(12)14)9-10-20(3)17(16)7-8-18(20)21/h4-6,13,15-17H,7-11H2,1-3H3/t13-,15+,16-,17+,20+/m1/s1. The highest BCUT2D eigenvalue weighted by Gasteiger charge is 2.55. The second-order valence-electron chi connectivity index (χ2n) is 8.01. The van der Waals surface area contributed by atoms with Gasteiger partial charge in [-0.1, -0.05) is 32.0 Å². The summed E-state index contributed by atoms with van der Waals surface area (Å²) in [6.07, 6.45) is 5.59. The lowest BCUT2D eigenvalue weighted by Gasteiger charge is -2.50. The van der Waals surface area contributed by atoms with Gasteiger partial charge in [0.15, 0.2) is 0 Å². The van der Waals surface area contributed by atoms with Crippen molar-refractivity contribution in [2.45, 2.75) is 64.7 Å². The van der Waals surface area contributed by atoms with E-state index >= 15 is 0 Å². The van der Waals surface area contributed by atoms with Crippen LogP contribution < -0.4 is 0 Å². The van der Waals surface area contributed by atoms with E-state index in [2.05, 4.69) is 39.0 Å². The van der Waals surface area contributed by atoms with Crippen LogP contribution in [0.5, 0.6) is 0 Å². The van der Waals surface area contributed by atoms with Gasteiger partial charge in [-0.15, -0.1) is 0 Å². The van der Waals surface area contributed by atoms with Gasteiger partial charge in [0.1, 0.15) is 5.78 Å². The molecule has 3 aliphatic carbocycles. The second kappa shape index (κ2) is 4.44. The zero-order chi connectivity index (χ0) is 14.8. The fraction of sp³-hybridized carbons (Fsp3) is 0.650. The van der Waals surface area contributed by atoms with Crippen LogP contribution >= 0.6 is 0 Å². The van der Waals surface area contributed by atoms with Gasteiger partial charge in [-0.25, -0.2) is 0 Å². The molecule has 5 atom stereocenters. The SMILES string of the molecule is Cc1cccc2c1[C@H]1CC[C@]3(C)C(=O)CC[C@H]3[C@@H]1C[C@H]2C. The smallest absolute Gasteiger partial charge is 0.139 e. The average molecular weight is 282 g/mol. The van der Waals surface area contributed by atoms with Crippen molar-refractivity contribution in [3.63, 3.8) is 0 Å². The van der Waals surface area contributed by atoms with E-state index in [-0.39, 0.29) is 5.41 Å². The molecule has 3 aliphatic rings.